The SMILES string of the molecule is C=CCOc1ccc(/C=C(\C#N)C(=O)Nc2ccc3c(c2)OCCO3)cc1. The standard InChI is InChI=1S/C21H18N2O4/c1-2-9-25-18-6-3-15(4-7-18)12-16(14-22)21(24)23-17-5-8-19-20(13-17)27-11-10-26-19/h2-8,12-13H,1,9-11H2,(H,23,24)/b16-12+. The predicted octanol–water partition coefficient (Wildman–Crippen LogP) is 3.57. The summed E-state index contributed by atoms with van der Waals surface area (Å²) in [4.78, 5) is 12.4. The van der Waals surface area contributed by atoms with Crippen LogP contribution < -0.4 is 19.5 Å². The lowest BCUT2D eigenvalue weighted by Gasteiger charge is -2.18. The van der Waals surface area contributed by atoms with Gasteiger partial charge >= 0.3 is 0 Å². The van der Waals surface area contributed by atoms with Gasteiger partial charge in [0.25, 0.3) is 5.91 Å². The number of nitriles is 1. The van der Waals surface area contributed by atoms with Crippen LogP contribution in [-0.2, 0) is 4.79 Å². The van der Waals surface area contributed by atoms with Gasteiger partial charge in [-0.05, 0) is 35.9 Å². The number of nitrogens with one attached hydrogen (secondary N) is 1. The number of carbonyl (C=O) groups excluding carboxylic acids is 1. The number of fused-ring (bicyclic) bond motifs is 1. The zero-order valence-electron chi connectivity index (χ0n) is 14.6. The number of amides is 1. The maximum atomic E-state index is 12.4. The minimum absolute atomic E-state index is 0.00958. The van der Waals surface area contributed by atoms with Gasteiger partial charge in [-0.2, -0.15) is 5.26 Å². The first kappa shape index (κ1) is 18.1. The molecule has 2 aromatic carbocycles. The summed E-state index contributed by atoms with van der Waals surface area (Å²) in [5.74, 6) is 1.39. The Labute approximate surface area is 157 Å². The number of benzene rings is 2. The summed E-state index contributed by atoms with van der Waals surface area (Å²) < 4.78 is 16.3. The van der Waals surface area contributed by atoms with E-state index in [4.69, 9.17) is 14.2 Å². The third-order valence-electron chi connectivity index (χ3n) is 3.72. The van der Waals surface area contributed by atoms with E-state index >= 15 is 0 Å². The van der Waals surface area contributed by atoms with Gasteiger partial charge in [0.05, 0.1) is 0 Å². The highest BCUT2D eigenvalue weighted by Crippen LogP contribution is 2.32. The van der Waals surface area contributed by atoms with Gasteiger partial charge in [-0.25, -0.2) is 0 Å². The van der Waals surface area contributed by atoms with Crippen molar-refractivity contribution < 1.29 is 19.0 Å². The normalized spacial score (nSPS) is 12.6. The van der Waals surface area contributed by atoms with E-state index in [-0.39, 0.29) is 5.57 Å². The fraction of sp³-hybridized carbons (Fsp3) is 0.143. The summed E-state index contributed by atoms with van der Waals surface area (Å²) in [5, 5.41) is 12.0. The van der Waals surface area contributed by atoms with Crippen molar-refractivity contribution in [2.24, 2.45) is 0 Å². The van der Waals surface area contributed by atoms with Gasteiger partial charge in [0.1, 0.15) is 37.2 Å². The van der Waals surface area contributed by atoms with Gasteiger partial charge in [0.2, 0.25) is 0 Å². The average Bonchev–Trinajstić information content (AvgIpc) is 2.71. The van der Waals surface area contributed by atoms with Crippen LogP contribution in [0.1, 0.15) is 5.56 Å². The zero-order chi connectivity index (χ0) is 19.1. The molecule has 0 saturated carbocycles. The first-order chi connectivity index (χ1) is 13.2. The van der Waals surface area contributed by atoms with E-state index in [1.807, 2.05) is 6.07 Å². The molecule has 27 heavy (non-hydrogen) atoms. The second kappa shape index (κ2) is 8.59. The van der Waals surface area contributed by atoms with Gasteiger partial charge in [-0.3, -0.25) is 4.79 Å². The van der Waals surface area contributed by atoms with Crippen molar-refractivity contribution in [2.75, 3.05) is 25.1 Å². The molecule has 6 nitrogen and oxygen atoms in total. The minimum Gasteiger partial charge on any atom is -0.490 e. The molecule has 136 valence electrons. The lowest BCUT2D eigenvalue weighted by atomic mass is 10.1. The van der Waals surface area contributed by atoms with Crippen molar-refractivity contribution >= 4 is 17.7 Å². The van der Waals surface area contributed by atoms with E-state index < -0.39 is 5.91 Å². The van der Waals surface area contributed by atoms with Gasteiger partial charge in [-0.15, -0.1) is 0 Å². The van der Waals surface area contributed by atoms with Crippen LogP contribution >= 0.6 is 0 Å². The smallest absolute Gasteiger partial charge is 0.266 e. The van der Waals surface area contributed by atoms with Crippen molar-refractivity contribution in [1.29, 1.82) is 5.26 Å². The molecule has 1 aliphatic rings. The van der Waals surface area contributed by atoms with Crippen LogP contribution in [0, 0.1) is 11.3 Å². The molecule has 0 aromatic heterocycles. The lowest BCUT2D eigenvalue weighted by molar-refractivity contribution is -0.112. The number of ether oxygens (including phenoxy) is 3. The van der Waals surface area contributed by atoms with Crippen molar-refractivity contribution in [3.05, 3.63) is 66.3 Å². The molecule has 3 rings (SSSR count). The van der Waals surface area contributed by atoms with Crippen molar-refractivity contribution in [3.8, 4) is 23.3 Å². The van der Waals surface area contributed by atoms with Crippen molar-refractivity contribution in [3.63, 3.8) is 0 Å². The van der Waals surface area contributed by atoms with Crippen molar-refractivity contribution in [2.45, 2.75) is 0 Å². The first-order valence-electron chi connectivity index (χ1n) is 8.36. The van der Waals surface area contributed by atoms with Crippen LogP contribution in [0.5, 0.6) is 17.2 Å². The van der Waals surface area contributed by atoms with Gasteiger partial charge < -0.3 is 19.5 Å². The molecule has 0 atom stereocenters. The van der Waals surface area contributed by atoms with E-state index in [0.717, 1.165) is 5.56 Å². The molecule has 0 spiro atoms. The molecule has 1 amide bonds. The molecule has 2 aromatic rings. The van der Waals surface area contributed by atoms with Crippen LogP contribution in [0.2, 0.25) is 0 Å². The van der Waals surface area contributed by atoms with Crippen LogP contribution in [0.15, 0.2) is 60.7 Å². The maximum Gasteiger partial charge on any atom is 0.266 e. The van der Waals surface area contributed by atoms with Crippen LogP contribution in [0.3, 0.4) is 0 Å². The van der Waals surface area contributed by atoms with E-state index in [1.54, 1.807) is 48.5 Å². The molecule has 0 radical (unpaired) electrons. The molecule has 0 bridgehead atoms. The molecular weight excluding hydrogens is 344 g/mol. The number of carbonyl (C=O) groups is 1. The van der Waals surface area contributed by atoms with E-state index in [1.165, 1.54) is 6.08 Å². The Hall–Kier alpha value is -3.72. The Morgan fingerprint density at radius 3 is 2.63 bits per heavy atom. The number of rotatable bonds is 6. The minimum atomic E-state index is -0.499. The summed E-state index contributed by atoms with van der Waals surface area (Å²) in [6.45, 7) is 4.96. The Morgan fingerprint density at radius 2 is 1.93 bits per heavy atom. The molecule has 1 aliphatic heterocycles. The molecule has 0 aliphatic carbocycles. The molecule has 0 fully saturated rings. The summed E-state index contributed by atoms with van der Waals surface area (Å²) in [7, 11) is 0. The molecule has 1 heterocycles. The summed E-state index contributed by atoms with van der Waals surface area (Å²) >= 11 is 0. The average molecular weight is 362 g/mol. The maximum absolute atomic E-state index is 12.4. The number of hydrogen-bond acceptors (Lipinski definition) is 5. The monoisotopic (exact) mass is 362 g/mol. The van der Waals surface area contributed by atoms with Crippen molar-refractivity contribution in [1.82, 2.24) is 0 Å². The molecule has 0 unspecified atom stereocenters. The molecular formula is C21H18N2O4. The Kier molecular flexibility index (Phi) is 5.75. The van der Waals surface area contributed by atoms with Crippen LogP contribution in [0.4, 0.5) is 5.69 Å². The Bertz CT molecular complexity index is 911. The van der Waals surface area contributed by atoms with Gasteiger partial charge in [-0.1, -0.05) is 24.8 Å². The largest absolute Gasteiger partial charge is 0.490 e. The number of anilines is 1. The predicted molar refractivity (Wildman–Crippen MR) is 102 cm³/mol. The highest BCUT2D eigenvalue weighted by molar-refractivity contribution is 6.09. The number of nitrogens with zero attached hydrogens (tertiary/aromatic N) is 1. The number of hydrogen-bond donors (Lipinski definition) is 1. The molecule has 6 heteroatoms. The topological polar surface area (TPSA) is 80.6 Å². The quantitative estimate of drug-likeness (QED) is 0.483. The second-order valence-electron chi connectivity index (χ2n) is 5.65. The zero-order valence-corrected chi connectivity index (χ0v) is 14.6. The lowest BCUT2D eigenvalue weighted by Crippen LogP contribution is -2.17. The van der Waals surface area contributed by atoms with Gasteiger partial charge in [0.15, 0.2) is 11.5 Å². The van der Waals surface area contributed by atoms with Crippen LogP contribution in [-0.4, -0.2) is 25.7 Å². The molecule has 1 N–H and O–H groups in total. The highest BCUT2D eigenvalue weighted by Gasteiger charge is 2.14. The van der Waals surface area contributed by atoms with Crippen LogP contribution in [0.25, 0.3) is 6.08 Å². The Morgan fingerprint density at radius 1 is 1.19 bits per heavy atom. The highest BCUT2D eigenvalue weighted by atomic mass is 16.6. The van der Waals surface area contributed by atoms with E-state index in [0.29, 0.717) is 42.8 Å². The van der Waals surface area contributed by atoms with E-state index in [2.05, 4.69) is 11.9 Å². The molecule has 0 saturated heterocycles. The third kappa shape index (κ3) is 4.67. The summed E-state index contributed by atoms with van der Waals surface area (Å²) in [5.41, 5.74) is 1.23. The third-order valence-corrected chi connectivity index (χ3v) is 3.72. The first-order valence-corrected chi connectivity index (χ1v) is 8.36. The Balaban J connectivity index is 1.71. The van der Waals surface area contributed by atoms with E-state index in [9.17, 15) is 10.1 Å². The van der Waals surface area contributed by atoms with Gasteiger partial charge in [0, 0.05) is 11.8 Å². The summed E-state index contributed by atoms with van der Waals surface area (Å²) in [6.07, 6.45) is 3.18. The second-order valence-corrected chi connectivity index (χ2v) is 5.65. The summed E-state index contributed by atoms with van der Waals surface area (Å²) in [6, 6.07) is 14.1. The fourth-order valence-electron chi connectivity index (χ4n) is 2.45. The fourth-order valence-corrected chi connectivity index (χ4v) is 2.45.